The number of carbonyl (C=O) groups excluding carboxylic acids is 1. The number of aliphatic hydroxyl groups is 1. The molecule has 0 bridgehead atoms. The zero-order valence-electron chi connectivity index (χ0n) is 19.7. The lowest BCUT2D eigenvalue weighted by Gasteiger charge is -2.22. The highest BCUT2D eigenvalue weighted by molar-refractivity contribution is 5.96. The summed E-state index contributed by atoms with van der Waals surface area (Å²) in [6, 6.07) is 8.21. The SMILES string of the molecule is CCOc1cc(C(=O)N(CC)Cc2cnc(C(C)O)c3cn[nH]c23)cc(F)c1-c1cccc(F)c1. The zero-order valence-corrected chi connectivity index (χ0v) is 19.7. The highest BCUT2D eigenvalue weighted by atomic mass is 19.1. The number of halogens is 2. The number of H-pyrrole nitrogens is 1. The minimum atomic E-state index is -0.773. The number of carbonyl (C=O) groups is 1. The van der Waals surface area contributed by atoms with E-state index < -0.39 is 23.6 Å². The van der Waals surface area contributed by atoms with Crippen LogP contribution in [0.3, 0.4) is 0 Å². The Morgan fingerprint density at radius 1 is 1.20 bits per heavy atom. The van der Waals surface area contributed by atoms with Gasteiger partial charge in [-0.05, 0) is 50.6 Å². The molecular formula is C26H26F2N4O3. The van der Waals surface area contributed by atoms with Crippen molar-refractivity contribution < 1.29 is 23.4 Å². The number of aromatic nitrogens is 3. The van der Waals surface area contributed by atoms with Gasteiger partial charge in [0.05, 0.1) is 35.7 Å². The average Bonchev–Trinajstić information content (AvgIpc) is 3.32. The lowest BCUT2D eigenvalue weighted by Crippen LogP contribution is -2.30. The highest BCUT2D eigenvalue weighted by Gasteiger charge is 2.23. The Morgan fingerprint density at radius 2 is 2.00 bits per heavy atom. The van der Waals surface area contributed by atoms with E-state index in [2.05, 4.69) is 15.2 Å². The van der Waals surface area contributed by atoms with Crippen LogP contribution in [0.15, 0.2) is 48.8 Å². The molecule has 4 aromatic rings. The maximum Gasteiger partial charge on any atom is 0.254 e. The molecular weight excluding hydrogens is 454 g/mol. The van der Waals surface area contributed by atoms with Crippen molar-refractivity contribution >= 4 is 16.8 Å². The number of ether oxygens (including phenoxy) is 1. The van der Waals surface area contributed by atoms with E-state index in [1.54, 1.807) is 37.2 Å². The number of hydrogen-bond acceptors (Lipinski definition) is 5. The minimum absolute atomic E-state index is 0.100. The van der Waals surface area contributed by atoms with Crippen molar-refractivity contribution in [2.24, 2.45) is 0 Å². The maximum atomic E-state index is 15.3. The third kappa shape index (κ3) is 4.85. The van der Waals surface area contributed by atoms with E-state index in [0.717, 1.165) is 6.07 Å². The van der Waals surface area contributed by atoms with Crippen molar-refractivity contribution in [2.75, 3.05) is 13.2 Å². The van der Waals surface area contributed by atoms with Crippen LogP contribution in [0.25, 0.3) is 22.0 Å². The second kappa shape index (κ2) is 10.2. The van der Waals surface area contributed by atoms with Crippen LogP contribution in [0.5, 0.6) is 5.75 Å². The normalized spacial score (nSPS) is 12.1. The summed E-state index contributed by atoms with van der Waals surface area (Å²) in [7, 11) is 0. The zero-order chi connectivity index (χ0) is 25.1. The molecule has 0 saturated carbocycles. The van der Waals surface area contributed by atoms with Gasteiger partial charge in [0.1, 0.15) is 17.4 Å². The van der Waals surface area contributed by atoms with Crippen LogP contribution in [-0.4, -0.2) is 44.2 Å². The standard InChI is InChI=1S/C26H26F2N4O3/c1-4-32(14-18-12-29-24(15(3)33)20-13-30-31-25(18)20)26(34)17-10-21(28)23(22(11-17)35-5-2)16-7-6-8-19(27)9-16/h6-13,15,33H,4-5,14H2,1-3H3,(H,30,31). The van der Waals surface area contributed by atoms with Crippen molar-refractivity contribution in [2.45, 2.75) is 33.4 Å². The largest absolute Gasteiger partial charge is 0.493 e. The first-order valence-corrected chi connectivity index (χ1v) is 11.3. The van der Waals surface area contributed by atoms with Crippen LogP contribution < -0.4 is 4.74 Å². The Bertz CT molecular complexity index is 1370. The van der Waals surface area contributed by atoms with Gasteiger partial charge < -0.3 is 14.7 Å². The summed E-state index contributed by atoms with van der Waals surface area (Å²) in [6.45, 7) is 5.98. The van der Waals surface area contributed by atoms with Crippen LogP contribution in [0.4, 0.5) is 8.78 Å². The molecule has 4 rings (SSSR count). The number of nitrogens with one attached hydrogen (secondary N) is 1. The van der Waals surface area contributed by atoms with Gasteiger partial charge in [0, 0.05) is 35.8 Å². The molecule has 0 aliphatic rings. The number of fused-ring (bicyclic) bond motifs is 1. The molecule has 2 N–H and O–H groups in total. The summed E-state index contributed by atoms with van der Waals surface area (Å²) in [6.07, 6.45) is 2.41. The fourth-order valence-corrected chi connectivity index (χ4v) is 4.07. The second-order valence-electron chi connectivity index (χ2n) is 8.10. The van der Waals surface area contributed by atoms with Crippen LogP contribution in [0.2, 0.25) is 0 Å². The minimum Gasteiger partial charge on any atom is -0.493 e. The van der Waals surface area contributed by atoms with Gasteiger partial charge in [0.25, 0.3) is 5.91 Å². The molecule has 9 heteroatoms. The van der Waals surface area contributed by atoms with Crippen molar-refractivity contribution in [3.8, 4) is 16.9 Å². The lowest BCUT2D eigenvalue weighted by atomic mass is 10.0. The monoisotopic (exact) mass is 480 g/mol. The van der Waals surface area contributed by atoms with Gasteiger partial charge in [-0.2, -0.15) is 5.10 Å². The summed E-state index contributed by atoms with van der Waals surface area (Å²) in [5.74, 6) is -1.41. The van der Waals surface area contributed by atoms with Crippen LogP contribution in [0.1, 0.15) is 48.5 Å². The van der Waals surface area contributed by atoms with Crippen molar-refractivity contribution in [1.82, 2.24) is 20.1 Å². The number of aromatic amines is 1. The molecule has 0 aliphatic heterocycles. The molecule has 2 aromatic heterocycles. The van der Waals surface area contributed by atoms with Crippen LogP contribution in [-0.2, 0) is 6.54 Å². The Labute approximate surface area is 201 Å². The first-order valence-electron chi connectivity index (χ1n) is 11.3. The quantitative estimate of drug-likeness (QED) is 0.370. The first kappa shape index (κ1) is 24.3. The number of benzene rings is 2. The summed E-state index contributed by atoms with van der Waals surface area (Å²) in [5, 5.41) is 17.6. The van der Waals surface area contributed by atoms with E-state index in [-0.39, 0.29) is 30.0 Å². The molecule has 1 unspecified atom stereocenters. The van der Waals surface area contributed by atoms with Gasteiger partial charge in [0.2, 0.25) is 0 Å². The molecule has 35 heavy (non-hydrogen) atoms. The number of hydrogen-bond donors (Lipinski definition) is 2. The molecule has 0 saturated heterocycles. The highest BCUT2D eigenvalue weighted by Crippen LogP contribution is 2.35. The fraction of sp³-hybridized carbons (Fsp3) is 0.269. The Kier molecular flexibility index (Phi) is 7.07. The third-order valence-corrected chi connectivity index (χ3v) is 5.74. The Hall–Kier alpha value is -3.85. The van der Waals surface area contributed by atoms with E-state index in [1.165, 1.54) is 24.3 Å². The maximum absolute atomic E-state index is 15.3. The molecule has 1 amide bonds. The topological polar surface area (TPSA) is 91.3 Å². The van der Waals surface area contributed by atoms with Gasteiger partial charge in [-0.1, -0.05) is 12.1 Å². The van der Waals surface area contributed by atoms with E-state index in [4.69, 9.17) is 4.74 Å². The predicted molar refractivity (Wildman–Crippen MR) is 128 cm³/mol. The summed E-state index contributed by atoms with van der Waals surface area (Å²) in [4.78, 5) is 19.3. The third-order valence-electron chi connectivity index (χ3n) is 5.74. The summed E-state index contributed by atoms with van der Waals surface area (Å²) < 4.78 is 34.7. The molecule has 182 valence electrons. The smallest absolute Gasteiger partial charge is 0.254 e. The molecule has 0 aliphatic carbocycles. The van der Waals surface area contributed by atoms with Gasteiger partial charge >= 0.3 is 0 Å². The number of amides is 1. The van der Waals surface area contributed by atoms with Crippen molar-refractivity contribution in [3.05, 3.63) is 77.2 Å². The molecule has 2 aromatic carbocycles. The number of rotatable bonds is 8. The van der Waals surface area contributed by atoms with E-state index >= 15 is 4.39 Å². The second-order valence-corrected chi connectivity index (χ2v) is 8.10. The van der Waals surface area contributed by atoms with E-state index in [1.807, 2.05) is 6.92 Å². The molecule has 7 nitrogen and oxygen atoms in total. The number of aliphatic hydroxyl groups excluding tert-OH is 1. The number of pyridine rings is 1. The summed E-state index contributed by atoms with van der Waals surface area (Å²) in [5.41, 5.74) is 2.40. The molecule has 0 fully saturated rings. The average molecular weight is 481 g/mol. The van der Waals surface area contributed by atoms with E-state index in [0.29, 0.717) is 34.3 Å². The Balaban J connectivity index is 1.69. The van der Waals surface area contributed by atoms with Crippen LogP contribution in [0, 0.1) is 11.6 Å². The molecule has 0 radical (unpaired) electrons. The molecule has 1 atom stereocenters. The van der Waals surface area contributed by atoms with Gasteiger partial charge in [-0.25, -0.2) is 8.78 Å². The van der Waals surface area contributed by atoms with Crippen LogP contribution >= 0.6 is 0 Å². The lowest BCUT2D eigenvalue weighted by molar-refractivity contribution is 0.0752. The first-order chi connectivity index (χ1) is 16.8. The predicted octanol–water partition coefficient (Wildman–Crippen LogP) is 5.02. The van der Waals surface area contributed by atoms with Crippen molar-refractivity contribution in [3.63, 3.8) is 0 Å². The Morgan fingerprint density at radius 3 is 2.69 bits per heavy atom. The molecule has 2 heterocycles. The number of nitrogens with zero attached hydrogens (tertiary/aromatic N) is 3. The van der Waals surface area contributed by atoms with Crippen molar-refractivity contribution in [1.29, 1.82) is 0 Å². The van der Waals surface area contributed by atoms with Gasteiger partial charge in [-0.3, -0.25) is 14.9 Å². The fourth-order valence-electron chi connectivity index (χ4n) is 4.07. The summed E-state index contributed by atoms with van der Waals surface area (Å²) >= 11 is 0. The van der Waals surface area contributed by atoms with E-state index in [9.17, 15) is 14.3 Å². The van der Waals surface area contributed by atoms with Gasteiger partial charge in [-0.15, -0.1) is 0 Å². The molecule has 0 spiro atoms. The van der Waals surface area contributed by atoms with Gasteiger partial charge in [0.15, 0.2) is 0 Å².